The summed E-state index contributed by atoms with van der Waals surface area (Å²) in [7, 11) is 1.54. The van der Waals surface area contributed by atoms with E-state index in [-0.39, 0.29) is 30.7 Å². The Kier molecular flexibility index (Phi) is 11.9. The molecule has 0 aliphatic heterocycles. The van der Waals surface area contributed by atoms with E-state index in [1.165, 1.54) is 13.4 Å². The van der Waals surface area contributed by atoms with Crippen molar-refractivity contribution in [2.75, 3.05) is 25.6 Å². The van der Waals surface area contributed by atoms with Crippen molar-refractivity contribution in [3.05, 3.63) is 84.2 Å². The Bertz CT molecular complexity index is 1670. The van der Waals surface area contributed by atoms with Crippen molar-refractivity contribution in [2.45, 2.75) is 45.1 Å². The maximum absolute atomic E-state index is 13.2. The largest absolute Gasteiger partial charge is 0.493 e. The Morgan fingerprint density at radius 3 is 2.53 bits per heavy atom. The fourth-order valence-electron chi connectivity index (χ4n) is 4.72. The molecule has 0 saturated heterocycles. The molecule has 2 amide bonds. The van der Waals surface area contributed by atoms with Crippen molar-refractivity contribution >= 4 is 40.0 Å². The van der Waals surface area contributed by atoms with E-state index in [9.17, 15) is 14.4 Å². The van der Waals surface area contributed by atoms with Gasteiger partial charge in [-0.05, 0) is 56.2 Å². The highest BCUT2D eigenvalue weighted by Crippen LogP contribution is 2.34. The van der Waals surface area contributed by atoms with Crippen LogP contribution in [0, 0.1) is 12.3 Å². The number of nitrogens with one attached hydrogen (secondary N) is 3. The molecule has 232 valence electrons. The van der Waals surface area contributed by atoms with Crippen LogP contribution >= 0.6 is 0 Å². The molecule has 0 radical (unpaired) electrons. The molecule has 1 atom stereocenters. The van der Waals surface area contributed by atoms with Gasteiger partial charge >= 0.3 is 0 Å². The number of carbonyl (C=O) groups is 3. The first-order valence-electron chi connectivity index (χ1n) is 14.8. The van der Waals surface area contributed by atoms with Crippen LogP contribution in [0.15, 0.2) is 73.1 Å². The van der Waals surface area contributed by atoms with Gasteiger partial charge in [0.25, 0.3) is 5.91 Å². The highest BCUT2D eigenvalue weighted by molar-refractivity contribution is 5.97. The van der Waals surface area contributed by atoms with Crippen LogP contribution in [0.2, 0.25) is 0 Å². The summed E-state index contributed by atoms with van der Waals surface area (Å²) in [6, 6.07) is 19.0. The van der Waals surface area contributed by atoms with Crippen molar-refractivity contribution in [3.8, 4) is 23.8 Å². The number of ketones is 1. The number of terminal acetylenes is 1. The van der Waals surface area contributed by atoms with Gasteiger partial charge in [0.05, 0.1) is 19.2 Å². The lowest BCUT2D eigenvalue weighted by Gasteiger charge is -2.19. The van der Waals surface area contributed by atoms with Crippen molar-refractivity contribution in [1.29, 1.82) is 0 Å². The lowest BCUT2D eigenvalue weighted by molar-refractivity contribution is -0.123. The number of aromatic nitrogens is 2. The van der Waals surface area contributed by atoms with Gasteiger partial charge in [0.2, 0.25) is 5.91 Å². The lowest BCUT2D eigenvalue weighted by atomic mass is 10.0. The Labute approximate surface area is 263 Å². The summed E-state index contributed by atoms with van der Waals surface area (Å²) < 4.78 is 11.6. The van der Waals surface area contributed by atoms with Crippen LogP contribution in [-0.4, -0.2) is 53.9 Å². The number of ether oxygens (including phenoxy) is 2. The van der Waals surface area contributed by atoms with Crippen molar-refractivity contribution < 1.29 is 23.9 Å². The lowest BCUT2D eigenvalue weighted by Crippen LogP contribution is -2.47. The fourth-order valence-corrected chi connectivity index (χ4v) is 4.72. The summed E-state index contributed by atoms with van der Waals surface area (Å²) in [5.41, 5.74) is 2.64. The first-order valence-corrected chi connectivity index (χ1v) is 14.8. The van der Waals surface area contributed by atoms with Crippen LogP contribution in [0.25, 0.3) is 10.9 Å². The SMILES string of the molecule is C#Cc1cccc(Nc2ncnc3cc(OC)c(OCCNC(=O)[C@H](CCCCCC(C)=O)NC(=O)c4ccccc4)cc23)c1. The van der Waals surface area contributed by atoms with E-state index in [0.717, 1.165) is 24.1 Å². The third-order valence-electron chi connectivity index (χ3n) is 7.05. The van der Waals surface area contributed by atoms with Gasteiger partial charge in [-0.1, -0.05) is 43.0 Å². The standard InChI is InChI=1S/C35H37N5O5/c1-4-25-13-11-16-27(20-25)39-33-28-21-32(31(44-3)22-30(28)37-23-38-33)45-19-18-36-35(43)29(17-10-5-7-12-24(2)41)40-34(42)26-14-8-6-9-15-26/h1,6,8-9,11,13-16,20-23,29H,5,7,10,12,17-19H2,2-3H3,(H,36,43)(H,40,42)(H,37,38,39)/t29-/m0/s1. The molecule has 1 heterocycles. The number of hydrogen-bond donors (Lipinski definition) is 3. The normalized spacial score (nSPS) is 11.2. The summed E-state index contributed by atoms with van der Waals surface area (Å²) in [4.78, 5) is 46.0. The molecule has 0 aliphatic rings. The minimum Gasteiger partial charge on any atom is -0.493 e. The number of benzene rings is 3. The van der Waals surface area contributed by atoms with Gasteiger partial charge in [0.1, 0.15) is 30.6 Å². The topological polar surface area (TPSA) is 132 Å². The Hall–Kier alpha value is -5.43. The summed E-state index contributed by atoms with van der Waals surface area (Å²) in [5.74, 6) is 3.62. The van der Waals surface area contributed by atoms with Gasteiger partial charge < -0.3 is 30.2 Å². The van der Waals surface area contributed by atoms with Gasteiger partial charge in [-0.15, -0.1) is 6.42 Å². The molecule has 10 heteroatoms. The Balaban J connectivity index is 1.40. The van der Waals surface area contributed by atoms with Crippen LogP contribution < -0.4 is 25.4 Å². The number of anilines is 2. The van der Waals surface area contributed by atoms with E-state index in [1.54, 1.807) is 43.3 Å². The minimum absolute atomic E-state index is 0.138. The molecule has 0 fully saturated rings. The number of methoxy groups -OCH3 is 1. The molecule has 0 unspecified atom stereocenters. The summed E-state index contributed by atoms with van der Waals surface area (Å²) >= 11 is 0. The molecule has 0 bridgehead atoms. The van der Waals surface area contributed by atoms with Crippen molar-refractivity contribution in [1.82, 2.24) is 20.6 Å². The second kappa shape index (κ2) is 16.4. The van der Waals surface area contributed by atoms with E-state index in [0.29, 0.717) is 53.0 Å². The average molecular weight is 608 g/mol. The maximum atomic E-state index is 13.2. The van der Waals surface area contributed by atoms with Gasteiger partial charge in [-0.3, -0.25) is 9.59 Å². The number of unbranched alkanes of at least 4 members (excludes halogenated alkanes) is 2. The summed E-state index contributed by atoms with van der Waals surface area (Å²) in [6.07, 6.45) is 10.2. The number of rotatable bonds is 16. The number of Topliss-reactive ketones (excluding diaryl/α,β-unsaturated/α-hetero) is 1. The number of amides is 2. The fraction of sp³-hybridized carbons (Fsp3) is 0.286. The second-order valence-corrected chi connectivity index (χ2v) is 10.4. The monoisotopic (exact) mass is 607 g/mol. The zero-order valence-corrected chi connectivity index (χ0v) is 25.5. The predicted octanol–water partition coefficient (Wildman–Crippen LogP) is 5.20. The molecular formula is C35H37N5O5. The van der Waals surface area contributed by atoms with Crippen LogP contribution in [0.5, 0.6) is 11.5 Å². The third-order valence-corrected chi connectivity index (χ3v) is 7.05. The quantitative estimate of drug-likeness (QED) is 0.117. The molecule has 3 N–H and O–H groups in total. The van der Waals surface area contributed by atoms with E-state index < -0.39 is 6.04 Å². The molecule has 0 saturated carbocycles. The minimum atomic E-state index is -0.732. The molecular weight excluding hydrogens is 570 g/mol. The molecule has 0 aliphatic carbocycles. The van der Waals surface area contributed by atoms with Gasteiger partial charge in [0.15, 0.2) is 11.5 Å². The maximum Gasteiger partial charge on any atom is 0.251 e. The van der Waals surface area contributed by atoms with Crippen LogP contribution in [-0.2, 0) is 9.59 Å². The molecule has 10 nitrogen and oxygen atoms in total. The van der Waals surface area contributed by atoms with Gasteiger partial charge in [-0.25, -0.2) is 9.97 Å². The van der Waals surface area contributed by atoms with Crippen LogP contribution in [0.3, 0.4) is 0 Å². The highest BCUT2D eigenvalue weighted by atomic mass is 16.5. The molecule has 4 aromatic rings. The Morgan fingerprint density at radius 2 is 1.78 bits per heavy atom. The third kappa shape index (κ3) is 9.53. The van der Waals surface area contributed by atoms with Gasteiger partial charge in [-0.2, -0.15) is 0 Å². The number of nitrogens with zero attached hydrogens (tertiary/aromatic N) is 2. The smallest absolute Gasteiger partial charge is 0.251 e. The van der Waals surface area contributed by atoms with E-state index >= 15 is 0 Å². The second-order valence-electron chi connectivity index (χ2n) is 10.4. The van der Waals surface area contributed by atoms with Gasteiger partial charge in [0, 0.05) is 34.7 Å². The number of carbonyl (C=O) groups excluding carboxylic acids is 3. The average Bonchev–Trinajstić information content (AvgIpc) is 3.06. The zero-order valence-electron chi connectivity index (χ0n) is 25.5. The van der Waals surface area contributed by atoms with E-state index in [1.807, 2.05) is 30.3 Å². The molecule has 0 spiro atoms. The predicted molar refractivity (Wildman–Crippen MR) is 174 cm³/mol. The molecule has 4 rings (SSSR count). The summed E-state index contributed by atoms with van der Waals surface area (Å²) in [6.45, 7) is 1.90. The number of fused-ring (bicyclic) bond motifs is 1. The van der Waals surface area contributed by atoms with E-state index in [4.69, 9.17) is 15.9 Å². The van der Waals surface area contributed by atoms with Crippen LogP contribution in [0.1, 0.15) is 54.9 Å². The van der Waals surface area contributed by atoms with E-state index in [2.05, 4.69) is 31.8 Å². The molecule has 45 heavy (non-hydrogen) atoms. The first kappa shape index (κ1) is 32.5. The zero-order chi connectivity index (χ0) is 32.0. The first-order chi connectivity index (χ1) is 21.9. The highest BCUT2D eigenvalue weighted by Gasteiger charge is 2.21. The van der Waals surface area contributed by atoms with Crippen molar-refractivity contribution in [3.63, 3.8) is 0 Å². The van der Waals surface area contributed by atoms with Crippen LogP contribution in [0.4, 0.5) is 11.5 Å². The molecule has 3 aromatic carbocycles. The number of hydrogen-bond acceptors (Lipinski definition) is 8. The Morgan fingerprint density at radius 1 is 0.956 bits per heavy atom. The molecule has 1 aromatic heterocycles. The van der Waals surface area contributed by atoms with Crippen molar-refractivity contribution in [2.24, 2.45) is 0 Å². The summed E-state index contributed by atoms with van der Waals surface area (Å²) in [5, 5.41) is 9.72.